The largest absolute Gasteiger partial charge is 0.493 e. The maximum atomic E-state index is 12.3. The van der Waals surface area contributed by atoms with Gasteiger partial charge in [0.1, 0.15) is 5.15 Å². The second kappa shape index (κ2) is 6.96. The second-order valence-corrected chi connectivity index (χ2v) is 6.48. The van der Waals surface area contributed by atoms with E-state index >= 15 is 0 Å². The van der Waals surface area contributed by atoms with Crippen LogP contribution in [0.1, 0.15) is 10.4 Å². The number of anilines is 1. The Bertz CT molecular complexity index is 711. The van der Waals surface area contributed by atoms with Crippen molar-refractivity contribution in [1.29, 1.82) is 0 Å². The van der Waals surface area contributed by atoms with Gasteiger partial charge in [-0.3, -0.25) is 4.79 Å². The van der Waals surface area contributed by atoms with Gasteiger partial charge in [0.25, 0.3) is 5.91 Å². The van der Waals surface area contributed by atoms with Gasteiger partial charge in [-0.05, 0) is 50.1 Å². The second-order valence-electron chi connectivity index (χ2n) is 3.91. The molecule has 0 aliphatic heterocycles. The molecule has 1 aromatic heterocycles. The highest BCUT2D eigenvalue weighted by Crippen LogP contribution is 2.36. The molecule has 0 fully saturated rings. The fraction of sp³-hybridized carbons (Fsp3) is 0.0769. The van der Waals surface area contributed by atoms with Crippen LogP contribution >= 0.6 is 55.1 Å². The molecule has 110 valence electrons. The zero-order valence-corrected chi connectivity index (χ0v) is 15.3. The molecule has 0 aliphatic rings. The highest BCUT2D eigenvalue weighted by Gasteiger charge is 2.16. The van der Waals surface area contributed by atoms with Gasteiger partial charge in [-0.25, -0.2) is 4.98 Å². The molecular formula is C13H8Br2Cl2N2O2. The minimum Gasteiger partial charge on any atom is -0.493 e. The third kappa shape index (κ3) is 3.88. The number of rotatable bonds is 3. The number of ether oxygens (including phenoxy) is 1. The van der Waals surface area contributed by atoms with E-state index in [-0.39, 0.29) is 10.7 Å². The summed E-state index contributed by atoms with van der Waals surface area (Å²) in [7, 11) is 1.50. The Kier molecular flexibility index (Phi) is 5.48. The quantitative estimate of drug-likeness (QED) is 0.650. The monoisotopic (exact) mass is 452 g/mol. The fourth-order valence-corrected chi connectivity index (χ4v) is 3.12. The molecule has 0 saturated heterocycles. The Balaban J connectivity index is 2.38. The van der Waals surface area contributed by atoms with E-state index in [0.29, 0.717) is 25.4 Å². The number of methoxy groups -OCH3 is 1. The molecule has 1 amide bonds. The highest BCUT2D eigenvalue weighted by atomic mass is 79.9. The number of nitrogens with zero attached hydrogens (tertiary/aromatic N) is 1. The number of pyridine rings is 1. The summed E-state index contributed by atoms with van der Waals surface area (Å²) in [4.78, 5) is 16.2. The number of halogens is 4. The third-order valence-corrected chi connectivity index (χ3v) is 4.05. The van der Waals surface area contributed by atoms with Crippen LogP contribution in [-0.4, -0.2) is 18.0 Å². The number of amides is 1. The van der Waals surface area contributed by atoms with E-state index in [2.05, 4.69) is 42.2 Å². The van der Waals surface area contributed by atoms with Gasteiger partial charge in [0.15, 0.2) is 5.75 Å². The lowest BCUT2D eigenvalue weighted by Gasteiger charge is -2.13. The SMILES string of the molecule is COc1c(Br)cc(Cl)cc1NC(=O)c1cc(Br)cnc1Cl. The lowest BCUT2D eigenvalue weighted by atomic mass is 10.2. The molecule has 21 heavy (non-hydrogen) atoms. The smallest absolute Gasteiger partial charge is 0.258 e. The number of hydrogen-bond acceptors (Lipinski definition) is 3. The summed E-state index contributed by atoms with van der Waals surface area (Å²) in [6.45, 7) is 0. The maximum Gasteiger partial charge on any atom is 0.258 e. The van der Waals surface area contributed by atoms with Crippen molar-refractivity contribution in [3.8, 4) is 5.75 Å². The van der Waals surface area contributed by atoms with Crippen molar-refractivity contribution in [3.05, 3.63) is 49.1 Å². The van der Waals surface area contributed by atoms with E-state index in [0.717, 1.165) is 0 Å². The van der Waals surface area contributed by atoms with E-state index in [1.54, 1.807) is 18.2 Å². The minimum atomic E-state index is -0.415. The molecule has 0 atom stereocenters. The van der Waals surface area contributed by atoms with Gasteiger partial charge in [0.05, 0.1) is 22.8 Å². The van der Waals surface area contributed by atoms with Crippen LogP contribution in [0.15, 0.2) is 33.3 Å². The fourth-order valence-electron chi connectivity index (χ4n) is 1.63. The first-order chi connectivity index (χ1) is 9.92. The Morgan fingerprint density at radius 1 is 1.29 bits per heavy atom. The van der Waals surface area contributed by atoms with E-state index in [1.165, 1.54) is 13.3 Å². The summed E-state index contributed by atoms with van der Waals surface area (Å²) in [6.07, 6.45) is 1.51. The van der Waals surface area contributed by atoms with Gasteiger partial charge in [-0.2, -0.15) is 0 Å². The number of nitrogens with one attached hydrogen (secondary N) is 1. The molecule has 0 saturated carbocycles. The van der Waals surface area contributed by atoms with E-state index in [4.69, 9.17) is 27.9 Å². The first kappa shape index (κ1) is 16.5. The van der Waals surface area contributed by atoms with Gasteiger partial charge in [0, 0.05) is 15.7 Å². The maximum absolute atomic E-state index is 12.3. The van der Waals surface area contributed by atoms with Crippen molar-refractivity contribution in [2.24, 2.45) is 0 Å². The lowest BCUT2D eigenvalue weighted by molar-refractivity contribution is 0.102. The van der Waals surface area contributed by atoms with Crippen LogP contribution in [0.3, 0.4) is 0 Å². The highest BCUT2D eigenvalue weighted by molar-refractivity contribution is 9.10. The molecule has 8 heteroatoms. The molecular weight excluding hydrogens is 447 g/mol. The molecule has 4 nitrogen and oxygen atoms in total. The first-order valence-corrected chi connectivity index (χ1v) is 7.92. The molecule has 1 N–H and O–H groups in total. The van der Waals surface area contributed by atoms with Crippen LogP contribution < -0.4 is 10.1 Å². The summed E-state index contributed by atoms with van der Waals surface area (Å²) in [5.41, 5.74) is 0.669. The summed E-state index contributed by atoms with van der Waals surface area (Å²) < 4.78 is 6.52. The first-order valence-electron chi connectivity index (χ1n) is 5.57. The van der Waals surface area contributed by atoms with Crippen LogP contribution in [0, 0.1) is 0 Å². The molecule has 2 rings (SSSR count). The molecule has 0 bridgehead atoms. The average Bonchev–Trinajstić information content (AvgIpc) is 2.41. The number of carbonyl (C=O) groups is 1. The summed E-state index contributed by atoms with van der Waals surface area (Å²) in [6, 6.07) is 4.84. The standard InChI is InChI=1S/C13H8Br2Cl2N2O2/c1-21-11-9(15)3-7(16)4-10(11)19-13(20)8-2-6(14)5-18-12(8)17/h2-5H,1H3,(H,19,20). The van der Waals surface area contributed by atoms with Crippen LogP contribution in [0.2, 0.25) is 10.2 Å². The van der Waals surface area contributed by atoms with Crippen molar-refractivity contribution in [2.45, 2.75) is 0 Å². The zero-order valence-electron chi connectivity index (χ0n) is 10.6. The number of aromatic nitrogens is 1. The zero-order chi connectivity index (χ0) is 15.6. The van der Waals surface area contributed by atoms with Gasteiger partial charge in [-0.15, -0.1) is 0 Å². The van der Waals surface area contributed by atoms with Gasteiger partial charge < -0.3 is 10.1 Å². The van der Waals surface area contributed by atoms with Crippen LogP contribution in [0.25, 0.3) is 0 Å². The van der Waals surface area contributed by atoms with E-state index < -0.39 is 5.91 Å². The summed E-state index contributed by atoms with van der Waals surface area (Å²) in [5, 5.41) is 3.27. The Labute approximate surface area is 148 Å². The van der Waals surface area contributed by atoms with Gasteiger partial charge in [-0.1, -0.05) is 23.2 Å². The van der Waals surface area contributed by atoms with Crippen molar-refractivity contribution in [3.63, 3.8) is 0 Å². The lowest BCUT2D eigenvalue weighted by Crippen LogP contribution is -2.14. The Morgan fingerprint density at radius 3 is 2.67 bits per heavy atom. The van der Waals surface area contributed by atoms with Crippen LogP contribution in [0.5, 0.6) is 5.75 Å². The van der Waals surface area contributed by atoms with Crippen molar-refractivity contribution >= 4 is 66.7 Å². The average molecular weight is 455 g/mol. The molecule has 0 spiro atoms. The molecule has 1 heterocycles. The molecule has 2 aromatic rings. The van der Waals surface area contributed by atoms with Crippen LogP contribution in [0.4, 0.5) is 5.69 Å². The number of carbonyl (C=O) groups excluding carboxylic acids is 1. The molecule has 1 aromatic carbocycles. The van der Waals surface area contributed by atoms with Crippen molar-refractivity contribution in [1.82, 2.24) is 4.98 Å². The van der Waals surface area contributed by atoms with Crippen molar-refractivity contribution in [2.75, 3.05) is 12.4 Å². The Morgan fingerprint density at radius 2 is 2.00 bits per heavy atom. The summed E-state index contributed by atoms with van der Waals surface area (Å²) in [5.74, 6) is 0.0492. The van der Waals surface area contributed by atoms with Crippen LogP contribution in [-0.2, 0) is 0 Å². The Hall–Kier alpha value is -0.820. The minimum absolute atomic E-state index is 0.107. The van der Waals surface area contributed by atoms with E-state index in [1.807, 2.05) is 0 Å². The number of benzene rings is 1. The third-order valence-electron chi connectivity index (χ3n) is 2.51. The molecule has 0 aliphatic carbocycles. The predicted molar refractivity (Wildman–Crippen MR) is 90.6 cm³/mol. The normalized spacial score (nSPS) is 10.3. The van der Waals surface area contributed by atoms with Gasteiger partial charge >= 0.3 is 0 Å². The van der Waals surface area contributed by atoms with E-state index in [9.17, 15) is 4.79 Å². The summed E-state index contributed by atoms with van der Waals surface area (Å²) >= 11 is 18.5. The topological polar surface area (TPSA) is 51.2 Å². The van der Waals surface area contributed by atoms with Gasteiger partial charge in [0.2, 0.25) is 0 Å². The molecule has 0 radical (unpaired) electrons. The van der Waals surface area contributed by atoms with Crippen molar-refractivity contribution < 1.29 is 9.53 Å². The predicted octanol–water partition coefficient (Wildman–Crippen LogP) is 5.17. The number of hydrogen-bond donors (Lipinski definition) is 1. The molecule has 0 unspecified atom stereocenters.